The summed E-state index contributed by atoms with van der Waals surface area (Å²) in [6.07, 6.45) is 5.38. The highest BCUT2D eigenvalue weighted by atomic mass is 35.5. The molecule has 0 radical (unpaired) electrons. The van der Waals surface area contributed by atoms with E-state index in [4.69, 9.17) is 20.9 Å². The molecule has 0 spiro atoms. The summed E-state index contributed by atoms with van der Waals surface area (Å²) >= 11 is 6.28. The molecule has 6 nitrogen and oxygen atoms in total. The Balaban J connectivity index is 1.70. The maximum atomic E-state index is 6.28. The maximum absolute atomic E-state index is 6.28. The molecule has 0 amide bonds. The standard InChI is InChI=1S/C18H15ClN4O2/c1-10(2)24-16-4-3-11(7-14(16)19)18-22-17(23-25-18)13-8-20-9-15-12(13)5-6-21-15/h3-10,21H,1-2H3. The SMILES string of the molecule is CC(C)Oc1ccc(-c2nc(-c3cncc4[nH]ccc34)no2)cc1Cl. The number of benzene rings is 1. The molecule has 3 heterocycles. The Morgan fingerprint density at radius 3 is 2.88 bits per heavy atom. The van der Waals surface area contributed by atoms with Gasteiger partial charge in [-0.25, -0.2) is 0 Å². The van der Waals surface area contributed by atoms with E-state index < -0.39 is 0 Å². The van der Waals surface area contributed by atoms with Crippen LogP contribution in [0.4, 0.5) is 0 Å². The maximum Gasteiger partial charge on any atom is 0.258 e. The summed E-state index contributed by atoms with van der Waals surface area (Å²) in [6.45, 7) is 3.90. The Bertz CT molecular complexity index is 1040. The number of H-pyrrole nitrogens is 1. The van der Waals surface area contributed by atoms with Crippen molar-refractivity contribution < 1.29 is 9.26 Å². The third kappa shape index (κ3) is 2.96. The lowest BCUT2D eigenvalue weighted by atomic mass is 10.2. The minimum Gasteiger partial charge on any atom is -0.489 e. The fraction of sp³-hybridized carbons (Fsp3) is 0.167. The lowest BCUT2D eigenvalue weighted by molar-refractivity contribution is 0.242. The van der Waals surface area contributed by atoms with E-state index in [1.165, 1.54) is 0 Å². The molecular formula is C18H15ClN4O2. The second-order valence-corrected chi connectivity index (χ2v) is 6.27. The van der Waals surface area contributed by atoms with E-state index >= 15 is 0 Å². The van der Waals surface area contributed by atoms with Gasteiger partial charge in [-0.1, -0.05) is 16.8 Å². The number of nitrogens with one attached hydrogen (secondary N) is 1. The summed E-state index contributed by atoms with van der Waals surface area (Å²) in [5.74, 6) is 1.49. The van der Waals surface area contributed by atoms with Crippen molar-refractivity contribution in [2.75, 3.05) is 0 Å². The van der Waals surface area contributed by atoms with Crippen LogP contribution in [0.2, 0.25) is 5.02 Å². The van der Waals surface area contributed by atoms with E-state index in [-0.39, 0.29) is 6.10 Å². The summed E-state index contributed by atoms with van der Waals surface area (Å²) in [5.41, 5.74) is 2.45. The number of rotatable bonds is 4. The summed E-state index contributed by atoms with van der Waals surface area (Å²) < 4.78 is 11.0. The van der Waals surface area contributed by atoms with Gasteiger partial charge in [0.15, 0.2) is 0 Å². The molecular weight excluding hydrogens is 340 g/mol. The van der Waals surface area contributed by atoms with Crippen LogP contribution in [0.5, 0.6) is 5.75 Å². The fourth-order valence-electron chi connectivity index (χ4n) is 2.59. The zero-order valence-corrected chi connectivity index (χ0v) is 14.4. The Kier molecular flexibility index (Phi) is 3.89. The van der Waals surface area contributed by atoms with Gasteiger partial charge < -0.3 is 14.2 Å². The van der Waals surface area contributed by atoms with Crippen molar-refractivity contribution in [3.05, 3.63) is 47.9 Å². The van der Waals surface area contributed by atoms with Gasteiger partial charge in [0.2, 0.25) is 5.82 Å². The first-order chi connectivity index (χ1) is 12.1. The van der Waals surface area contributed by atoms with Crippen LogP contribution in [0.3, 0.4) is 0 Å². The smallest absolute Gasteiger partial charge is 0.258 e. The molecule has 0 aliphatic heterocycles. The molecule has 0 aliphatic carbocycles. The number of nitrogens with zero attached hydrogens (tertiary/aromatic N) is 3. The van der Waals surface area contributed by atoms with Crippen LogP contribution in [0.1, 0.15) is 13.8 Å². The van der Waals surface area contributed by atoms with E-state index in [9.17, 15) is 0 Å². The van der Waals surface area contributed by atoms with Crippen LogP contribution in [-0.4, -0.2) is 26.2 Å². The molecule has 4 rings (SSSR count). The summed E-state index contributed by atoms with van der Waals surface area (Å²) in [6, 6.07) is 7.36. The first-order valence-electron chi connectivity index (χ1n) is 7.83. The minimum absolute atomic E-state index is 0.0488. The van der Waals surface area contributed by atoms with Gasteiger partial charge >= 0.3 is 0 Å². The zero-order chi connectivity index (χ0) is 17.4. The number of ether oxygens (including phenoxy) is 1. The molecule has 1 aromatic carbocycles. The highest BCUT2D eigenvalue weighted by molar-refractivity contribution is 6.32. The van der Waals surface area contributed by atoms with E-state index in [0.29, 0.717) is 22.5 Å². The van der Waals surface area contributed by atoms with Gasteiger partial charge in [0.1, 0.15) is 5.75 Å². The number of fused-ring (bicyclic) bond motifs is 1. The van der Waals surface area contributed by atoms with Crippen molar-refractivity contribution in [2.24, 2.45) is 0 Å². The lowest BCUT2D eigenvalue weighted by Crippen LogP contribution is -2.05. The van der Waals surface area contributed by atoms with Crippen molar-refractivity contribution in [2.45, 2.75) is 20.0 Å². The molecule has 0 bridgehead atoms. The van der Waals surface area contributed by atoms with Gasteiger partial charge in [0, 0.05) is 23.3 Å². The fourth-order valence-corrected chi connectivity index (χ4v) is 2.82. The van der Waals surface area contributed by atoms with Gasteiger partial charge in [0.05, 0.1) is 28.4 Å². The van der Waals surface area contributed by atoms with Crippen LogP contribution in [-0.2, 0) is 0 Å². The quantitative estimate of drug-likeness (QED) is 0.573. The number of hydrogen-bond acceptors (Lipinski definition) is 5. The lowest BCUT2D eigenvalue weighted by Gasteiger charge is -2.11. The third-order valence-electron chi connectivity index (χ3n) is 3.68. The molecule has 0 unspecified atom stereocenters. The van der Waals surface area contributed by atoms with Gasteiger partial charge in [-0.15, -0.1) is 0 Å². The van der Waals surface area contributed by atoms with Crippen molar-refractivity contribution in [1.82, 2.24) is 20.1 Å². The zero-order valence-electron chi connectivity index (χ0n) is 13.7. The summed E-state index contributed by atoms with van der Waals surface area (Å²) in [4.78, 5) is 11.8. The predicted octanol–water partition coefficient (Wildman–Crippen LogP) is 4.72. The molecule has 0 fully saturated rings. The Labute approximate surface area is 148 Å². The van der Waals surface area contributed by atoms with Crippen molar-refractivity contribution in [1.29, 1.82) is 0 Å². The monoisotopic (exact) mass is 354 g/mol. The highest BCUT2D eigenvalue weighted by Crippen LogP contribution is 2.32. The van der Waals surface area contributed by atoms with Crippen LogP contribution in [0.15, 0.2) is 47.4 Å². The van der Waals surface area contributed by atoms with Crippen LogP contribution < -0.4 is 4.74 Å². The predicted molar refractivity (Wildman–Crippen MR) is 95.6 cm³/mol. The largest absolute Gasteiger partial charge is 0.489 e. The van der Waals surface area contributed by atoms with Gasteiger partial charge in [-0.05, 0) is 38.1 Å². The molecule has 25 heavy (non-hydrogen) atoms. The van der Waals surface area contributed by atoms with Crippen molar-refractivity contribution in [3.63, 3.8) is 0 Å². The minimum atomic E-state index is 0.0488. The molecule has 3 aromatic heterocycles. The third-order valence-corrected chi connectivity index (χ3v) is 3.98. The number of aromatic amines is 1. The highest BCUT2D eigenvalue weighted by Gasteiger charge is 2.15. The molecule has 0 saturated carbocycles. The Morgan fingerprint density at radius 2 is 2.08 bits per heavy atom. The van der Waals surface area contributed by atoms with E-state index in [2.05, 4.69) is 20.1 Å². The van der Waals surface area contributed by atoms with Gasteiger partial charge in [0.25, 0.3) is 5.89 Å². The topological polar surface area (TPSA) is 76.8 Å². The Hall–Kier alpha value is -2.86. The number of halogens is 1. The first kappa shape index (κ1) is 15.7. The number of hydrogen-bond donors (Lipinski definition) is 1. The van der Waals surface area contributed by atoms with Crippen LogP contribution in [0.25, 0.3) is 33.7 Å². The van der Waals surface area contributed by atoms with E-state index in [0.717, 1.165) is 22.0 Å². The molecule has 4 aromatic rings. The molecule has 126 valence electrons. The second kappa shape index (κ2) is 6.22. The van der Waals surface area contributed by atoms with Crippen molar-refractivity contribution in [3.8, 4) is 28.6 Å². The summed E-state index contributed by atoms with van der Waals surface area (Å²) in [7, 11) is 0. The first-order valence-corrected chi connectivity index (χ1v) is 8.21. The average Bonchev–Trinajstić information content (AvgIpc) is 3.24. The van der Waals surface area contributed by atoms with Crippen molar-refractivity contribution >= 4 is 22.5 Å². The molecule has 0 aliphatic rings. The van der Waals surface area contributed by atoms with E-state index in [1.54, 1.807) is 24.5 Å². The Morgan fingerprint density at radius 1 is 1.20 bits per heavy atom. The molecule has 0 atom stereocenters. The number of pyridine rings is 1. The molecule has 7 heteroatoms. The summed E-state index contributed by atoms with van der Waals surface area (Å²) in [5, 5.41) is 5.57. The molecule has 0 saturated heterocycles. The van der Waals surface area contributed by atoms with Gasteiger partial charge in [-0.2, -0.15) is 4.98 Å². The van der Waals surface area contributed by atoms with Crippen LogP contribution >= 0.6 is 11.6 Å². The molecule has 1 N–H and O–H groups in total. The van der Waals surface area contributed by atoms with Crippen LogP contribution in [0, 0.1) is 0 Å². The van der Waals surface area contributed by atoms with Gasteiger partial charge in [-0.3, -0.25) is 4.98 Å². The number of aromatic nitrogens is 4. The second-order valence-electron chi connectivity index (χ2n) is 5.86. The average molecular weight is 355 g/mol. The van der Waals surface area contributed by atoms with E-state index in [1.807, 2.05) is 32.2 Å². The normalized spacial score (nSPS) is 11.4.